The predicted molar refractivity (Wildman–Crippen MR) is 239 cm³/mol. The average molecular weight is 828 g/mol. The number of unbranched alkanes of at least 4 members (excludes halogenated alkanes) is 4. The molecule has 2 unspecified atom stereocenters. The summed E-state index contributed by atoms with van der Waals surface area (Å²) in [6, 6.07) is 0. The largest absolute Gasteiger partial charge is 0.472 e. The number of esters is 2. The second-order valence-corrected chi connectivity index (χ2v) is 14.8. The van der Waals surface area contributed by atoms with Crippen LogP contribution < -0.4 is 5.73 Å². The highest BCUT2D eigenvalue weighted by Gasteiger charge is 2.25. The minimum absolute atomic E-state index is 0.0207. The number of carbonyl (C=O) groups is 2. The molecule has 0 radical (unpaired) electrons. The van der Waals surface area contributed by atoms with Crippen molar-refractivity contribution in [3.63, 3.8) is 0 Å². The van der Waals surface area contributed by atoms with Gasteiger partial charge in [-0.2, -0.15) is 0 Å². The van der Waals surface area contributed by atoms with E-state index in [0.717, 1.165) is 44.9 Å². The van der Waals surface area contributed by atoms with Crippen molar-refractivity contribution in [3.05, 3.63) is 122 Å². The summed E-state index contributed by atoms with van der Waals surface area (Å²) in [5, 5.41) is 9.76. The van der Waals surface area contributed by atoms with Crippen molar-refractivity contribution in [2.45, 2.75) is 135 Å². The number of aliphatic hydroxyl groups is 1. The van der Waals surface area contributed by atoms with Crippen LogP contribution in [0.15, 0.2) is 122 Å². The molecule has 326 valence electrons. The molecule has 4 N–H and O–H groups in total. The van der Waals surface area contributed by atoms with Gasteiger partial charge in [-0.25, -0.2) is 4.57 Å². The number of rotatable bonds is 37. The minimum atomic E-state index is -4.43. The molecule has 0 amide bonds. The van der Waals surface area contributed by atoms with Crippen molar-refractivity contribution < 1.29 is 42.7 Å². The molecule has 11 heteroatoms. The predicted octanol–water partition coefficient (Wildman–Crippen LogP) is 11.1. The van der Waals surface area contributed by atoms with Crippen molar-refractivity contribution in [2.24, 2.45) is 5.73 Å². The molecule has 0 aliphatic carbocycles. The second-order valence-electron chi connectivity index (χ2n) is 13.3. The molecule has 0 saturated heterocycles. The van der Waals surface area contributed by atoms with Crippen LogP contribution in [-0.2, 0) is 32.7 Å². The normalized spacial score (nSPS) is 15.1. The zero-order chi connectivity index (χ0) is 42.6. The van der Waals surface area contributed by atoms with E-state index in [1.165, 1.54) is 25.7 Å². The van der Waals surface area contributed by atoms with Gasteiger partial charge in [0.1, 0.15) is 6.61 Å². The quantitative estimate of drug-likeness (QED) is 0.0181. The van der Waals surface area contributed by atoms with Crippen LogP contribution in [0.5, 0.6) is 0 Å². The first kappa shape index (κ1) is 54.4. The Morgan fingerprint density at radius 3 is 1.72 bits per heavy atom. The number of ether oxygens (including phenoxy) is 2. The Bertz CT molecular complexity index is 1370. The lowest BCUT2D eigenvalue weighted by molar-refractivity contribution is -0.161. The summed E-state index contributed by atoms with van der Waals surface area (Å²) in [4.78, 5) is 34.8. The first-order valence-electron chi connectivity index (χ1n) is 21.1. The van der Waals surface area contributed by atoms with E-state index in [1.807, 2.05) is 67.7 Å². The second kappa shape index (κ2) is 41.5. The highest BCUT2D eigenvalue weighted by molar-refractivity contribution is 7.47. The van der Waals surface area contributed by atoms with Crippen LogP contribution in [-0.4, -0.2) is 60.5 Å². The fraction of sp³-hybridized carbons (Fsp3) is 0.532. The summed E-state index contributed by atoms with van der Waals surface area (Å²) in [5.74, 6) is -1.03. The molecule has 58 heavy (non-hydrogen) atoms. The van der Waals surface area contributed by atoms with Gasteiger partial charge >= 0.3 is 19.8 Å². The van der Waals surface area contributed by atoms with Crippen LogP contribution in [0.25, 0.3) is 0 Å². The number of carbonyl (C=O) groups excluding carboxylic acids is 2. The van der Waals surface area contributed by atoms with Gasteiger partial charge in [0.25, 0.3) is 0 Å². The summed E-state index contributed by atoms with van der Waals surface area (Å²) >= 11 is 0. The molecule has 0 saturated carbocycles. The van der Waals surface area contributed by atoms with Gasteiger partial charge in [0.05, 0.1) is 19.3 Å². The minimum Gasteiger partial charge on any atom is -0.462 e. The Morgan fingerprint density at radius 1 is 0.621 bits per heavy atom. The smallest absolute Gasteiger partial charge is 0.462 e. The zero-order valence-corrected chi connectivity index (χ0v) is 36.2. The monoisotopic (exact) mass is 828 g/mol. The number of allylic oxidation sites excluding steroid dienone is 18. The summed E-state index contributed by atoms with van der Waals surface area (Å²) in [6.07, 6.45) is 53.1. The standard InChI is InChI=1S/C47H74NO9P/c1-3-5-7-8-9-10-11-12-13-14-15-16-17-18-23-26-29-32-35-39-47(51)57-45(43-56-58(52,53)55-41-40-48)42-54-46(50)38-34-31-28-25-22-20-19-21-24-27-30-33-37-44(49)36-6-4-2/h6,9-10,12-13,15-16,18-20,23-25,27-30,32-33,36,44-45,49H,3-5,7-8,11,14,17,21-22,26,31,34-35,37-43,48H2,1-2H3,(H,52,53)/b10-9-,13-12-,16-15-,20-19-,23-18-,27-24-,28-25-,32-29-,33-30+,36-6-/t44?,45-/m1/s1. The molecular weight excluding hydrogens is 753 g/mol. The van der Waals surface area contributed by atoms with Gasteiger partial charge in [0, 0.05) is 19.4 Å². The molecule has 0 aliphatic rings. The Morgan fingerprint density at radius 2 is 1.16 bits per heavy atom. The van der Waals surface area contributed by atoms with Crippen molar-refractivity contribution in [1.82, 2.24) is 0 Å². The lowest BCUT2D eigenvalue weighted by Gasteiger charge is -2.19. The van der Waals surface area contributed by atoms with E-state index < -0.39 is 38.6 Å². The molecule has 10 nitrogen and oxygen atoms in total. The molecule has 3 atom stereocenters. The summed E-state index contributed by atoms with van der Waals surface area (Å²) < 4.78 is 32.6. The molecule has 0 aromatic heterocycles. The van der Waals surface area contributed by atoms with Gasteiger partial charge < -0.3 is 25.2 Å². The third-order valence-corrected chi connectivity index (χ3v) is 8.90. The Hall–Kier alpha value is -3.63. The lowest BCUT2D eigenvalue weighted by Crippen LogP contribution is -2.29. The number of nitrogens with two attached hydrogens (primary N) is 1. The van der Waals surface area contributed by atoms with E-state index in [1.54, 1.807) is 0 Å². The maximum absolute atomic E-state index is 12.5. The highest BCUT2D eigenvalue weighted by atomic mass is 31.2. The first-order valence-corrected chi connectivity index (χ1v) is 22.6. The first-order chi connectivity index (χ1) is 28.2. The van der Waals surface area contributed by atoms with Gasteiger partial charge in [-0.1, -0.05) is 148 Å². The Balaban J connectivity index is 4.46. The summed E-state index contributed by atoms with van der Waals surface area (Å²) in [7, 11) is -4.43. The van der Waals surface area contributed by atoms with Gasteiger partial charge in [-0.05, 0) is 83.5 Å². The van der Waals surface area contributed by atoms with E-state index in [0.29, 0.717) is 25.7 Å². The van der Waals surface area contributed by atoms with Crippen LogP contribution in [0.3, 0.4) is 0 Å². The fourth-order valence-corrected chi connectivity index (χ4v) is 5.55. The average Bonchev–Trinajstić information content (AvgIpc) is 3.21. The highest BCUT2D eigenvalue weighted by Crippen LogP contribution is 2.43. The molecular formula is C47H74NO9P. The van der Waals surface area contributed by atoms with Crippen LogP contribution in [0.4, 0.5) is 0 Å². The Kier molecular flexibility index (Phi) is 38.9. The SMILES string of the molecule is CC/C=C\C(O)C/C=C/C=C\C/C=C\C/C=C\CCCC(=O)OC[C@H](COP(=O)(O)OCCN)OC(=O)CC/C=C\C/C=C\C/C=C\C/C=C\C/C=C\CCCCC. The van der Waals surface area contributed by atoms with E-state index >= 15 is 0 Å². The van der Waals surface area contributed by atoms with E-state index in [9.17, 15) is 24.2 Å². The third kappa shape index (κ3) is 40.6. The summed E-state index contributed by atoms with van der Waals surface area (Å²) in [5.41, 5.74) is 5.33. The van der Waals surface area contributed by atoms with Crippen molar-refractivity contribution in [2.75, 3.05) is 26.4 Å². The van der Waals surface area contributed by atoms with Gasteiger partial charge in [-0.15, -0.1) is 0 Å². The van der Waals surface area contributed by atoms with E-state index in [4.69, 9.17) is 24.3 Å². The maximum Gasteiger partial charge on any atom is 0.472 e. The zero-order valence-electron chi connectivity index (χ0n) is 35.3. The van der Waals surface area contributed by atoms with Crippen molar-refractivity contribution >= 4 is 19.8 Å². The van der Waals surface area contributed by atoms with Gasteiger partial charge in [0.15, 0.2) is 6.10 Å². The van der Waals surface area contributed by atoms with Gasteiger partial charge in [0.2, 0.25) is 0 Å². The molecule has 0 aliphatic heterocycles. The number of phosphoric acid groups is 1. The van der Waals surface area contributed by atoms with Gasteiger partial charge in [-0.3, -0.25) is 18.6 Å². The molecule has 0 aromatic carbocycles. The van der Waals surface area contributed by atoms with Crippen LogP contribution >= 0.6 is 7.82 Å². The molecule has 0 fully saturated rings. The molecule has 0 bridgehead atoms. The molecule has 0 spiro atoms. The fourth-order valence-electron chi connectivity index (χ4n) is 4.79. The van der Waals surface area contributed by atoms with Crippen LogP contribution in [0, 0.1) is 0 Å². The molecule has 0 rings (SSSR count). The summed E-state index contributed by atoms with van der Waals surface area (Å²) in [6.45, 7) is 3.26. The number of hydrogen-bond donors (Lipinski definition) is 3. The molecule has 0 aromatic rings. The maximum atomic E-state index is 12.5. The number of hydrogen-bond acceptors (Lipinski definition) is 9. The lowest BCUT2D eigenvalue weighted by atomic mass is 10.2. The number of aliphatic hydroxyl groups excluding tert-OH is 1. The topological polar surface area (TPSA) is 155 Å². The third-order valence-electron chi connectivity index (χ3n) is 7.92. The van der Waals surface area contributed by atoms with Crippen LogP contribution in [0.2, 0.25) is 0 Å². The Labute approximate surface area is 350 Å². The van der Waals surface area contributed by atoms with Crippen LogP contribution in [0.1, 0.15) is 123 Å². The van der Waals surface area contributed by atoms with Crippen molar-refractivity contribution in [3.8, 4) is 0 Å². The molecule has 0 heterocycles. The number of phosphoric ester groups is 1. The van der Waals surface area contributed by atoms with E-state index in [-0.39, 0.29) is 32.6 Å². The van der Waals surface area contributed by atoms with E-state index in [2.05, 4.69) is 67.7 Å². The van der Waals surface area contributed by atoms with Crippen molar-refractivity contribution in [1.29, 1.82) is 0 Å².